The molecule has 4 aliphatic carbocycles. The van der Waals surface area contributed by atoms with Gasteiger partial charge in [-0.15, -0.1) is 0 Å². The van der Waals surface area contributed by atoms with Gasteiger partial charge in [0.2, 0.25) is 0 Å². The SMILES string of the molecule is C=C(C)C(=O)OC1C2CC3CC1CC(OCOCC(C)(C)C)(C3)C2. The van der Waals surface area contributed by atoms with Crippen LogP contribution >= 0.6 is 0 Å². The molecule has 0 aromatic carbocycles. The van der Waals surface area contributed by atoms with Gasteiger partial charge in [-0.1, -0.05) is 27.4 Å². The summed E-state index contributed by atoms with van der Waals surface area (Å²) in [5.41, 5.74) is 0.595. The number of esters is 1. The van der Waals surface area contributed by atoms with Crippen molar-refractivity contribution >= 4 is 5.97 Å². The third-order valence-corrected chi connectivity index (χ3v) is 5.71. The Morgan fingerprint density at radius 2 is 1.79 bits per heavy atom. The second kappa shape index (κ2) is 6.45. The van der Waals surface area contributed by atoms with Crippen LogP contribution < -0.4 is 0 Å². The number of rotatable bonds is 6. The van der Waals surface area contributed by atoms with Crippen molar-refractivity contribution in [3.63, 3.8) is 0 Å². The summed E-state index contributed by atoms with van der Waals surface area (Å²) in [6.07, 6.45) is 5.51. The smallest absolute Gasteiger partial charge is 0.333 e. The molecule has 0 radical (unpaired) electrons. The van der Waals surface area contributed by atoms with Crippen LogP contribution in [0.3, 0.4) is 0 Å². The van der Waals surface area contributed by atoms with Crippen molar-refractivity contribution in [2.24, 2.45) is 23.2 Å². The predicted octanol–water partition coefficient (Wildman–Crippen LogP) is 4.09. The van der Waals surface area contributed by atoms with Crippen LogP contribution in [0.5, 0.6) is 0 Å². The summed E-state index contributed by atoms with van der Waals surface area (Å²) in [5.74, 6) is 1.34. The Hall–Kier alpha value is -0.870. The van der Waals surface area contributed by atoms with Crippen molar-refractivity contribution in [1.29, 1.82) is 0 Å². The molecule has 0 spiro atoms. The zero-order valence-corrected chi connectivity index (χ0v) is 15.6. The molecule has 0 saturated heterocycles. The van der Waals surface area contributed by atoms with E-state index in [1.54, 1.807) is 6.92 Å². The molecule has 0 amide bonds. The van der Waals surface area contributed by atoms with Gasteiger partial charge in [-0.2, -0.15) is 0 Å². The lowest BCUT2D eigenvalue weighted by atomic mass is 9.53. The molecule has 4 saturated carbocycles. The van der Waals surface area contributed by atoms with Crippen molar-refractivity contribution in [3.05, 3.63) is 12.2 Å². The average molecular weight is 336 g/mol. The Morgan fingerprint density at radius 3 is 2.33 bits per heavy atom. The molecular formula is C20H32O4. The number of carbonyl (C=O) groups is 1. The van der Waals surface area contributed by atoms with E-state index in [1.807, 2.05) is 0 Å². The van der Waals surface area contributed by atoms with E-state index in [-0.39, 0.29) is 23.1 Å². The first-order valence-electron chi connectivity index (χ1n) is 9.26. The molecule has 0 aliphatic heterocycles. The predicted molar refractivity (Wildman–Crippen MR) is 92.3 cm³/mol. The lowest BCUT2D eigenvalue weighted by Crippen LogP contribution is -2.59. The van der Waals surface area contributed by atoms with Crippen LogP contribution in [-0.2, 0) is 19.0 Å². The highest BCUT2D eigenvalue weighted by Gasteiger charge is 2.57. The quantitative estimate of drug-likeness (QED) is 0.317. The van der Waals surface area contributed by atoms with Crippen molar-refractivity contribution in [2.75, 3.05) is 13.4 Å². The molecule has 2 unspecified atom stereocenters. The summed E-state index contributed by atoms with van der Waals surface area (Å²) in [6.45, 7) is 13.0. The van der Waals surface area contributed by atoms with E-state index in [2.05, 4.69) is 27.4 Å². The third-order valence-electron chi connectivity index (χ3n) is 5.71. The summed E-state index contributed by atoms with van der Waals surface area (Å²) in [6, 6.07) is 0. The fourth-order valence-corrected chi connectivity index (χ4v) is 5.01. The average Bonchev–Trinajstić information content (AvgIpc) is 2.45. The Kier molecular flexibility index (Phi) is 4.82. The maximum atomic E-state index is 11.9. The highest BCUT2D eigenvalue weighted by molar-refractivity contribution is 5.87. The number of hydrogen-bond donors (Lipinski definition) is 0. The summed E-state index contributed by atoms with van der Waals surface area (Å²) in [4.78, 5) is 11.9. The highest BCUT2D eigenvalue weighted by Crippen LogP contribution is 2.58. The Bertz CT molecular complexity index is 488. The van der Waals surface area contributed by atoms with Crippen LogP contribution in [0, 0.1) is 23.2 Å². The fraction of sp³-hybridized carbons (Fsp3) is 0.850. The summed E-state index contributed by atoms with van der Waals surface area (Å²) < 4.78 is 17.8. The summed E-state index contributed by atoms with van der Waals surface area (Å²) in [5, 5.41) is 0. The molecule has 4 fully saturated rings. The maximum Gasteiger partial charge on any atom is 0.333 e. The van der Waals surface area contributed by atoms with Gasteiger partial charge in [0.05, 0.1) is 12.2 Å². The summed E-state index contributed by atoms with van der Waals surface area (Å²) in [7, 11) is 0. The fourth-order valence-electron chi connectivity index (χ4n) is 5.01. The molecule has 4 heteroatoms. The van der Waals surface area contributed by atoms with Gasteiger partial charge in [0.15, 0.2) is 0 Å². The van der Waals surface area contributed by atoms with E-state index in [0.29, 0.717) is 36.7 Å². The Balaban J connectivity index is 1.58. The van der Waals surface area contributed by atoms with E-state index < -0.39 is 0 Å². The van der Waals surface area contributed by atoms with E-state index >= 15 is 0 Å². The van der Waals surface area contributed by atoms with Crippen LogP contribution in [0.25, 0.3) is 0 Å². The first-order valence-corrected chi connectivity index (χ1v) is 9.26. The van der Waals surface area contributed by atoms with Gasteiger partial charge in [-0.3, -0.25) is 0 Å². The van der Waals surface area contributed by atoms with Crippen LogP contribution in [0.2, 0.25) is 0 Å². The molecule has 0 N–H and O–H groups in total. The molecule has 136 valence electrons. The minimum Gasteiger partial charge on any atom is -0.458 e. The minimum absolute atomic E-state index is 0.0537. The topological polar surface area (TPSA) is 44.8 Å². The molecule has 24 heavy (non-hydrogen) atoms. The standard InChI is InChI=1S/C20H32O4/c1-13(2)18(21)24-17-15-6-14-7-16(17)10-20(8-14,9-15)23-12-22-11-19(3,4)5/h14-17H,1,6-12H2,2-5H3. The van der Waals surface area contributed by atoms with Gasteiger partial charge in [-0.05, 0) is 62.2 Å². The van der Waals surface area contributed by atoms with Crippen molar-refractivity contribution < 1.29 is 19.0 Å². The molecule has 4 bridgehead atoms. The lowest BCUT2D eigenvalue weighted by Gasteiger charge is -2.58. The molecule has 4 nitrogen and oxygen atoms in total. The van der Waals surface area contributed by atoms with Gasteiger partial charge in [0, 0.05) is 5.57 Å². The molecule has 4 rings (SSSR count). The maximum absolute atomic E-state index is 11.9. The molecule has 0 aromatic rings. The monoisotopic (exact) mass is 336 g/mol. The first kappa shape index (κ1) is 17.9. The third kappa shape index (κ3) is 3.85. The largest absolute Gasteiger partial charge is 0.458 e. The number of hydrogen-bond acceptors (Lipinski definition) is 4. The second-order valence-electron chi connectivity index (χ2n) is 9.47. The molecule has 2 atom stereocenters. The van der Waals surface area contributed by atoms with Crippen LogP contribution in [0.15, 0.2) is 12.2 Å². The number of carbonyl (C=O) groups excluding carboxylic acids is 1. The number of ether oxygens (including phenoxy) is 3. The van der Waals surface area contributed by atoms with Gasteiger partial charge in [0.1, 0.15) is 12.9 Å². The van der Waals surface area contributed by atoms with Crippen LogP contribution in [0.1, 0.15) is 59.8 Å². The lowest BCUT2D eigenvalue weighted by molar-refractivity contribution is -0.239. The first-order chi connectivity index (χ1) is 11.2. The molecule has 4 aliphatic rings. The molecule has 0 heterocycles. The van der Waals surface area contributed by atoms with Gasteiger partial charge in [-0.25, -0.2) is 4.79 Å². The van der Waals surface area contributed by atoms with E-state index in [9.17, 15) is 4.79 Å². The zero-order chi connectivity index (χ0) is 17.5. The summed E-state index contributed by atoms with van der Waals surface area (Å²) >= 11 is 0. The minimum atomic E-state index is -0.240. The zero-order valence-electron chi connectivity index (χ0n) is 15.6. The molecule has 0 aromatic heterocycles. The van der Waals surface area contributed by atoms with E-state index in [4.69, 9.17) is 14.2 Å². The van der Waals surface area contributed by atoms with Gasteiger partial charge < -0.3 is 14.2 Å². The van der Waals surface area contributed by atoms with Crippen LogP contribution in [-0.4, -0.2) is 31.1 Å². The van der Waals surface area contributed by atoms with E-state index in [0.717, 1.165) is 19.3 Å². The second-order valence-corrected chi connectivity index (χ2v) is 9.47. The Labute approximate surface area is 145 Å². The van der Waals surface area contributed by atoms with Gasteiger partial charge in [0.25, 0.3) is 0 Å². The van der Waals surface area contributed by atoms with E-state index in [1.165, 1.54) is 12.8 Å². The van der Waals surface area contributed by atoms with Gasteiger partial charge >= 0.3 is 5.97 Å². The highest BCUT2D eigenvalue weighted by atomic mass is 16.7. The normalized spacial score (nSPS) is 37.5. The van der Waals surface area contributed by atoms with Crippen molar-refractivity contribution in [1.82, 2.24) is 0 Å². The Morgan fingerprint density at radius 1 is 1.17 bits per heavy atom. The molecular weight excluding hydrogens is 304 g/mol. The van der Waals surface area contributed by atoms with Crippen molar-refractivity contribution in [2.45, 2.75) is 71.5 Å². The van der Waals surface area contributed by atoms with Crippen LogP contribution in [0.4, 0.5) is 0 Å². The van der Waals surface area contributed by atoms with Crippen molar-refractivity contribution in [3.8, 4) is 0 Å².